The van der Waals surface area contributed by atoms with Gasteiger partial charge in [0.2, 0.25) is 0 Å². The molecular weight excluding hydrogens is 488 g/mol. The number of ketones is 1. The Morgan fingerprint density at radius 3 is 2.27 bits per heavy atom. The molecule has 1 amide bonds. The van der Waals surface area contributed by atoms with Crippen molar-refractivity contribution >= 4 is 44.1 Å². The molecule has 3 aromatic carbocycles. The standard InChI is InChI=1S/C29H26N2O5S/c1-4-35-20-12-10-19(11-13-20)26(32)24-25(18-8-6-17(3)7-9-18)31(28(34)27(24)33)29-30-22-15-14-21(36-5-2)16-23(22)37-29/h6-16,25,32H,4-5H2,1-3H3/b26-24+. The number of Topliss-reactive ketones (excluding diaryl/α,β-unsaturated/α-hetero) is 1. The molecule has 0 aliphatic carbocycles. The molecule has 1 aliphatic heterocycles. The molecule has 4 aromatic rings. The molecule has 1 aromatic heterocycles. The van der Waals surface area contributed by atoms with E-state index in [0.717, 1.165) is 10.3 Å². The highest BCUT2D eigenvalue weighted by atomic mass is 32.1. The van der Waals surface area contributed by atoms with E-state index in [2.05, 4.69) is 4.98 Å². The zero-order valence-corrected chi connectivity index (χ0v) is 21.5. The third kappa shape index (κ3) is 4.56. The number of benzene rings is 3. The van der Waals surface area contributed by atoms with Crippen molar-refractivity contribution in [1.82, 2.24) is 4.98 Å². The number of aryl methyl sites for hydroxylation is 1. The Morgan fingerprint density at radius 1 is 0.946 bits per heavy atom. The van der Waals surface area contributed by atoms with Gasteiger partial charge in [0, 0.05) is 5.56 Å². The minimum atomic E-state index is -0.834. The first-order valence-electron chi connectivity index (χ1n) is 12.1. The summed E-state index contributed by atoms with van der Waals surface area (Å²) < 4.78 is 11.9. The quantitative estimate of drug-likeness (QED) is 0.184. The van der Waals surface area contributed by atoms with Gasteiger partial charge in [-0.1, -0.05) is 41.2 Å². The monoisotopic (exact) mass is 514 g/mol. The summed E-state index contributed by atoms with van der Waals surface area (Å²) in [5.41, 5.74) is 2.87. The molecule has 1 N–H and O–H groups in total. The van der Waals surface area contributed by atoms with Crippen molar-refractivity contribution in [2.45, 2.75) is 26.8 Å². The van der Waals surface area contributed by atoms with Crippen LogP contribution in [-0.2, 0) is 9.59 Å². The lowest BCUT2D eigenvalue weighted by Gasteiger charge is -2.23. The summed E-state index contributed by atoms with van der Waals surface area (Å²) in [6.07, 6.45) is 0. The molecule has 1 unspecified atom stereocenters. The molecule has 8 heteroatoms. The van der Waals surface area contributed by atoms with Crippen molar-refractivity contribution in [2.75, 3.05) is 18.1 Å². The lowest BCUT2D eigenvalue weighted by Crippen LogP contribution is -2.29. The Labute approximate surface area is 218 Å². The van der Waals surface area contributed by atoms with Crippen molar-refractivity contribution in [3.8, 4) is 11.5 Å². The Morgan fingerprint density at radius 2 is 1.59 bits per heavy atom. The Hall–Kier alpha value is -4.17. The fourth-order valence-corrected chi connectivity index (χ4v) is 5.40. The molecule has 1 aliphatic rings. The number of rotatable bonds is 7. The van der Waals surface area contributed by atoms with Gasteiger partial charge in [-0.05, 0) is 68.8 Å². The number of nitrogens with zero attached hydrogens (tertiary/aromatic N) is 2. The van der Waals surface area contributed by atoms with Crippen molar-refractivity contribution in [3.05, 3.63) is 89.0 Å². The number of thiazole rings is 1. The number of aromatic nitrogens is 1. The van der Waals surface area contributed by atoms with Crippen LogP contribution in [0, 0.1) is 6.92 Å². The molecule has 0 spiro atoms. The molecule has 0 radical (unpaired) electrons. The Balaban J connectivity index is 1.65. The average molecular weight is 515 g/mol. The molecular formula is C29H26N2O5S. The van der Waals surface area contributed by atoms with Crippen LogP contribution in [0.1, 0.15) is 36.6 Å². The minimum absolute atomic E-state index is 0.0206. The second-order valence-electron chi connectivity index (χ2n) is 8.60. The summed E-state index contributed by atoms with van der Waals surface area (Å²) in [7, 11) is 0. The molecule has 188 valence electrons. The maximum absolute atomic E-state index is 13.4. The van der Waals surface area contributed by atoms with Crippen LogP contribution in [0.4, 0.5) is 5.13 Å². The zero-order chi connectivity index (χ0) is 26.1. The second kappa shape index (κ2) is 10.1. The number of carbonyl (C=O) groups is 2. The number of amides is 1. The lowest BCUT2D eigenvalue weighted by molar-refractivity contribution is -0.132. The summed E-state index contributed by atoms with van der Waals surface area (Å²) in [6, 6.07) is 19.0. The number of carbonyl (C=O) groups excluding carboxylic acids is 2. The molecule has 1 fully saturated rings. The van der Waals surface area contributed by atoms with E-state index in [1.54, 1.807) is 24.3 Å². The fourth-order valence-electron chi connectivity index (χ4n) is 4.38. The van der Waals surface area contributed by atoms with Crippen LogP contribution < -0.4 is 14.4 Å². The normalized spacial score (nSPS) is 16.9. The topological polar surface area (TPSA) is 89.0 Å². The highest BCUT2D eigenvalue weighted by molar-refractivity contribution is 7.22. The maximum atomic E-state index is 13.4. The molecule has 37 heavy (non-hydrogen) atoms. The van der Waals surface area contributed by atoms with Crippen molar-refractivity contribution < 1.29 is 24.2 Å². The van der Waals surface area contributed by atoms with Gasteiger partial charge in [-0.15, -0.1) is 0 Å². The van der Waals surface area contributed by atoms with Crippen molar-refractivity contribution in [3.63, 3.8) is 0 Å². The van der Waals surface area contributed by atoms with E-state index in [0.29, 0.717) is 46.5 Å². The predicted molar refractivity (Wildman–Crippen MR) is 144 cm³/mol. The van der Waals surface area contributed by atoms with Gasteiger partial charge < -0.3 is 14.6 Å². The van der Waals surface area contributed by atoms with E-state index in [9.17, 15) is 14.7 Å². The summed E-state index contributed by atoms with van der Waals surface area (Å²) in [5, 5.41) is 11.7. The van der Waals surface area contributed by atoms with Crippen LogP contribution in [0.2, 0.25) is 0 Å². The SMILES string of the molecule is CCOc1ccc(/C(O)=C2\C(=O)C(=O)N(c3nc4ccc(OCC)cc4s3)C2c2ccc(C)cc2)cc1. The third-order valence-corrected chi connectivity index (χ3v) is 7.16. The van der Waals surface area contributed by atoms with E-state index in [1.807, 2.05) is 63.2 Å². The van der Waals surface area contributed by atoms with Crippen LogP contribution in [0.25, 0.3) is 16.0 Å². The van der Waals surface area contributed by atoms with E-state index >= 15 is 0 Å². The lowest BCUT2D eigenvalue weighted by atomic mass is 9.95. The van der Waals surface area contributed by atoms with Crippen molar-refractivity contribution in [1.29, 1.82) is 0 Å². The average Bonchev–Trinajstić information content (AvgIpc) is 3.43. The first kappa shape index (κ1) is 24.5. The minimum Gasteiger partial charge on any atom is -0.507 e. The second-order valence-corrected chi connectivity index (χ2v) is 9.61. The molecule has 5 rings (SSSR count). The van der Waals surface area contributed by atoms with Crippen LogP contribution in [0.15, 0.2) is 72.3 Å². The first-order valence-corrected chi connectivity index (χ1v) is 12.9. The fraction of sp³-hybridized carbons (Fsp3) is 0.207. The van der Waals surface area contributed by atoms with Crippen LogP contribution in [0.3, 0.4) is 0 Å². The van der Waals surface area contributed by atoms with Gasteiger partial charge in [0.05, 0.1) is 35.0 Å². The van der Waals surface area contributed by atoms with E-state index in [-0.39, 0.29) is 11.3 Å². The molecule has 7 nitrogen and oxygen atoms in total. The molecule has 0 saturated carbocycles. The van der Waals surface area contributed by atoms with Crippen LogP contribution in [0.5, 0.6) is 11.5 Å². The number of ether oxygens (including phenoxy) is 2. The smallest absolute Gasteiger partial charge is 0.301 e. The van der Waals surface area contributed by atoms with Crippen LogP contribution >= 0.6 is 11.3 Å². The Bertz CT molecular complexity index is 1510. The number of hydrogen-bond acceptors (Lipinski definition) is 7. The highest BCUT2D eigenvalue weighted by Gasteiger charge is 2.48. The Kier molecular flexibility index (Phi) is 6.67. The van der Waals surface area contributed by atoms with E-state index < -0.39 is 17.7 Å². The molecule has 0 bridgehead atoms. The van der Waals surface area contributed by atoms with Crippen molar-refractivity contribution in [2.24, 2.45) is 0 Å². The summed E-state index contributed by atoms with van der Waals surface area (Å²) in [5.74, 6) is -0.379. The van der Waals surface area contributed by atoms with Gasteiger partial charge in [0.25, 0.3) is 5.78 Å². The zero-order valence-electron chi connectivity index (χ0n) is 20.7. The number of anilines is 1. The van der Waals surface area contributed by atoms with E-state index in [4.69, 9.17) is 9.47 Å². The highest BCUT2D eigenvalue weighted by Crippen LogP contribution is 2.44. The summed E-state index contributed by atoms with van der Waals surface area (Å²) in [6.45, 7) is 6.80. The predicted octanol–water partition coefficient (Wildman–Crippen LogP) is 6.03. The number of aliphatic hydroxyl groups excluding tert-OH is 1. The van der Waals surface area contributed by atoms with E-state index in [1.165, 1.54) is 16.2 Å². The van der Waals surface area contributed by atoms with Gasteiger partial charge >= 0.3 is 5.91 Å². The number of fused-ring (bicyclic) bond motifs is 1. The van der Waals surface area contributed by atoms with Gasteiger partial charge in [0.1, 0.15) is 17.3 Å². The van der Waals surface area contributed by atoms with Crippen LogP contribution in [-0.4, -0.2) is 35.0 Å². The molecule has 2 heterocycles. The largest absolute Gasteiger partial charge is 0.507 e. The summed E-state index contributed by atoms with van der Waals surface area (Å²) in [4.78, 5) is 32.9. The van der Waals surface area contributed by atoms with Gasteiger partial charge in [0.15, 0.2) is 5.13 Å². The maximum Gasteiger partial charge on any atom is 0.301 e. The third-order valence-electron chi connectivity index (χ3n) is 6.14. The molecule has 1 saturated heterocycles. The molecule has 1 atom stereocenters. The first-order chi connectivity index (χ1) is 17.9. The van der Waals surface area contributed by atoms with Gasteiger partial charge in [-0.25, -0.2) is 4.98 Å². The number of hydrogen-bond donors (Lipinski definition) is 1. The van der Waals surface area contributed by atoms with Gasteiger partial charge in [-0.2, -0.15) is 0 Å². The van der Waals surface area contributed by atoms with Gasteiger partial charge in [-0.3, -0.25) is 14.5 Å². The number of aliphatic hydroxyl groups is 1. The summed E-state index contributed by atoms with van der Waals surface area (Å²) >= 11 is 1.30.